The van der Waals surface area contributed by atoms with Gasteiger partial charge in [0.15, 0.2) is 0 Å². The number of hydrogen-bond acceptors (Lipinski definition) is 3. The lowest BCUT2D eigenvalue weighted by atomic mass is 9.95. The molecule has 21 heavy (non-hydrogen) atoms. The summed E-state index contributed by atoms with van der Waals surface area (Å²) in [7, 11) is 4.05. The van der Waals surface area contributed by atoms with Gasteiger partial charge in [0.25, 0.3) is 0 Å². The fourth-order valence-corrected chi connectivity index (χ4v) is 2.74. The molecule has 2 N–H and O–H groups in total. The van der Waals surface area contributed by atoms with Crippen molar-refractivity contribution in [2.75, 3.05) is 30.9 Å². The lowest BCUT2D eigenvalue weighted by molar-refractivity contribution is -0.121. The van der Waals surface area contributed by atoms with Crippen LogP contribution in [-0.2, 0) is 4.79 Å². The highest BCUT2D eigenvalue weighted by atomic mass is 16.1. The van der Waals surface area contributed by atoms with Crippen LogP contribution in [0.3, 0.4) is 0 Å². The van der Waals surface area contributed by atoms with Crippen molar-refractivity contribution >= 4 is 17.3 Å². The molecule has 1 aliphatic carbocycles. The summed E-state index contributed by atoms with van der Waals surface area (Å²) in [6.07, 6.45) is 6.64. The molecule has 0 unspecified atom stereocenters. The number of nitrogens with one attached hydrogen (secondary N) is 2. The molecule has 0 atom stereocenters. The van der Waals surface area contributed by atoms with Gasteiger partial charge in [-0.3, -0.25) is 4.79 Å². The molecule has 1 aromatic rings. The van der Waals surface area contributed by atoms with E-state index in [-0.39, 0.29) is 5.91 Å². The molecule has 4 nitrogen and oxygen atoms in total. The van der Waals surface area contributed by atoms with Crippen LogP contribution in [0.4, 0.5) is 11.4 Å². The first kappa shape index (κ1) is 15.7. The predicted molar refractivity (Wildman–Crippen MR) is 88.9 cm³/mol. The van der Waals surface area contributed by atoms with Crippen LogP contribution in [0.1, 0.15) is 38.5 Å². The molecule has 0 heterocycles. The van der Waals surface area contributed by atoms with E-state index in [0.29, 0.717) is 19.0 Å². The molecule has 1 saturated carbocycles. The summed E-state index contributed by atoms with van der Waals surface area (Å²) in [5, 5.41) is 6.44. The fraction of sp³-hybridized carbons (Fsp3) is 0.588. The van der Waals surface area contributed by atoms with Gasteiger partial charge in [-0.25, -0.2) is 0 Å². The third-order valence-electron chi connectivity index (χ3n) is 4.04. The standard InChI is InChI=1S/C17H27N3O/c1-20(2)16-10-8-14(9-11-16)18-13-12-17(21)19-15-6-4-3-5-7-15/h8-11,15,18H,3-7,12-13H2,1-2H3,(H,19,21). The van der Waals surface area contributed by atoms with Gasteiger partial charge in [-0.15, -0.1) is 0 Å². The molecular weight excluding hydrogens is 262 g/mol. The Balaban J connectivity index is 1.67. The summed E-state index contributed by atoms with van der Waals surface area (Å²) in [4.78, 5) is 14.0. The van der Waals surface area contributed by atoms with E-state index in [1.165, 1.54) is 24.9 Å². The molecule has 0 aromatic heterocycles. The Bertz CT molecular complexity index is 436. The first-order valence-electron chi connectivity index (χ1n) is 7.96. The minimum Gasteiger partial charge on any atom is -0.385 e. The Morgan fingerprint density at radius 1 is 1.14 bits per heavy atom. The molecule has 1 aliphatic rings. The van der Waals surface area contributed by atoms with E-state index < -0.39 is 0 Å². The summed E-state index contributed by atoms with van der Waals surface area (Å²) in [5.74, 6) is 0.166. The Morgan fingerprint density at radius 2 is 1.81 bits per heavy atom. The van der Waals surface area contributed by atoms with E-state index in [2.05, 4.69) is 27.7 Å². The van der Waals surface area contributed by atoms with Crippen LogP contribution in [0.25, 0.3) is 0 Å². The van der Waals surface area contributed by atoms with Gasteiger partial charge < -0.3 is 15.5 Å². The average Bonchev–Trinajstić information content (AvgIpc) is 2.49. The summed E-state index contributed by atoms with van der Waals surface area (Å²) in [6.45, 7) is 0.680. The second kappa shape index (κ2) is 7.91. The Hall–Kier alpha value is -1.71. The van der Waals surface area contributed by atoms with Crippen LogP contribution in [-0.4, -0.2) is 32.6 Å². The molecular formula is C17H27N3O. The molecule has 0 bridgehead atoms. The van der Waals surface area contributed by atoms with Crippen LogP contribution in [0, 0.1) is 0 Å². The predicted octanol–water partition coefficient (Wildman–Crippen LogP) is 3.00. The van der Waals surface area contributed by atoms with Crippen LogP contribution >= 0.6 is 0 Å². The molecule has 1 fully saturated rings. The van der Waals surface area contributed by atoms with Crippen molar-refractivity contribution in [1.29, 1.82) is 0 Å². The van der Waals surface area contributed by atoms with Gasteiger partial charge in [0.2, 0.25) is 5.91 Å². The first-order valence-corrected chi connectivity index (χ1v) is 7.96. The Labute approximate surface area is 127 Å². The minimum atomic E-state index is 0.166. The zero-order valence-corrected chi connectivity index (χ0v) is 13.2. The lowest BCUT2D eigenvalue weighted by Gasteiger charge is -2.22. The van der Waals surface area contributed by atoms with Crippen LogP contribution < -0.4 is 15.5 Å². The maximum atomic E-state index is 11.9. The number of anilines is 2. The van der Waals surface area contributed by atoms with Crippen molar-refractivity contribution < 1.29 is 4.79 Å². The number of hydrogen-bond donors (Lipinski definition) is 2. The second-order valence-corrected chi connectivity index (χ2v) is 6.02. The number of benzene rings is 1. The van der Waals surface area contributed by atoms with Crippen LogP contribution in [0.2, 0.25) is 0 Å². The van der Waals surface area contributed by atoms with Gasteiger partial charge in [0, 0.05) is 44.5 Å². The van der Waals surface area contributed by atoms with Gasteiger partial charge in [-0.2, -0.15) is 0 Å². The van der Waals surface area contributed by atoms with Gasteiger partial charge >= 0.3 is 0 Å². The smallest absolute Gasteiger partial charge is 0.221 e. The normalized spacial score (nSPS) is 15.5. The first-order chi connectivity index (χ1) is 10.1. The molecule has 116 valence electrons. The zero-order valence-electron chi connectivity index (χ0n) is 13.2. The number of carbonyl (C=O) groups excluding carboxylic acids is 1. The monoisotopic (exact) mass is 289 g/mol. The number of amides is 1. The van der Waals surface area contributed by atoms with Crippen molar-refractivity contribution in [2.45, 2.75) is 44.6 Å². The summed E-state index contributed by atoms with van der Waals surface area (Å²) >= 11 is 0. The van der Waals surface area contributed by atoms with E-state index in [1.54, 1.807) is 0 Å². The molecule has 1 amide bonds. The molecule has 0 radical (unpaired) electrons. The van der Waals surface area contributed by atoms with Gasteiger partial charge in [-0.05, 0) is 37.1 Å². The molecule has 0 spiro atoms. The third-order valence-corrected chi connectivity index (χ3v) is 4.04. The molecule has 1 aromatic carbocycles. The molecule has 0 aliphatic heterocycles. The van der Waals surface area contributed by atoms with Crippen molar-refractivity contribution in [2.24, 2.45) is 0 Å². The van der Waals surface area contributed by atoms with E-state index in [0.717, 1.165) is 18.5 Å². The maximum absolute atomic E-state index is 11.9. The summed E-state index contributed by atoms with van der Waals surface area (Å²) < 4.78 is 0. The highest BCUT2D eigenvalue weighted by Gasteiger charge is 2.15. The number of rotatable bonds is 6. The van der Waals surface area contributed by atoms with Crippen molar-refractivity contribution in [3.8, 4) is 0 Å². The van der Waals surface area contributed by atoms with Gasteiger partial charge in [0.1, 0.15) is 0 Å². The topological polar surface area (TPSA) is 44.4 Å². The average molecular weight is 289 g/mol. The second-order valence-electron chi connectivity index (χ2n) is 6.02. The Kier molecular flexibility index (Phi) is 5.90. The number of carbonyl (C=O) groups is 1. The van der Waals surface area contributed by atoms with E-state index in [9.17, 15) is 4.79 Å². The highest BCUT2D eigenvalue weighted by Crippen LogP contribution is 2.17. The zero-order chi connectivity index (χ0) is 15.1. The van der Waals surface area contributed by atoms with Crippen LogP contribution in [0.5, 0.6) is 0 Å². The molecule has 4 heteroatoms. The van der Waals surface area contributed by atoms with Crippen molar-refractivity contribution in [3.63, 3.8) is 0 Å². The summed E-state index contributed by atoms with van der Waals surface area (Å²) in [6, 6.07) is 8.66. The summed E-state index contributed by atoms with van der Waals surface area (Å²) in [5.41, 5.74) is 2.24. The van der Waals surface area contributed by atoms with Crippen molar-refractivity contribution in [3.05, 3.63) is 24.3 Å². The SMILES string of the molecule is CN(C)c1ccc(NCCC(=O)NC2CCCCC2)cc1. The van der Waals surface area contributed by atoms with E-state index >= 15 is 0 Å². The molecule has 2 rings (SSSR count). The third kappa shape index (κ3) is 5.29. The fourth-order valence-electron chi connectivity index (χ4n) is 2.74. The largest absolute Gasteiger partial charge is 0.385 e. The van der Waals surface area contributed by atoms with Crippen molar-refractivity contribution in [1.82, 2.24) is 5.32 Å². The molecule has 0 saturated heterocycles. The maximum Gasteiger partial charge on any atom is 0.221 e. The van der Waals surface area contributed by atoms with Crippen LogP contribution in [0.15, 0.2) is 24.3 Å². The Morgan fingerprint density at radius 3 is 2.43 bits per heavy atom. The van der Waals surface area contributed by atoms with E-state index in [1.807, 2.05) is 26.2 Å². The lowest BCUT2D eigenvalue weighted by Crippen LogP contribution is -2.36. The van der Waals surface area contributed by atoms with Gasteiger partial charge in [-0.1, -0.05) is 19.3 Å². The quantitative estimate of drug-likeness (QED) is 0.846. The highest BCUT2D eigenvalue weighted by molar-refractivity contribution is 5.76. The van der Waals surface area contributed by atoms with E-state index in [4.69, 9.17) is 0 Å². The number of nitrogens with zero attached hydrogens (tertiary/aromatic N) is 1. The van der Waals surface area contributed by atoms with Gasteiger partial charge in [0.05, 0.1) is 0 Å². The minimum absolute atomic E-state index is 0.166.